The maximum absolute atomic E-state index is 5.47. The molecule has 1 atom stereocenters. The van der Waals surface area contributed by atoms with Crippen molar-refractivity contribution in [3.63, 3.8) is 0 Å². The molecular weight excluding hydrogens is 192 g/mol. The van der Waals surface area contributed by atoms with Crippen molar-refractivity contribution in [2.75, 3.05) is 7.11 Å². The summed E-state index contributed by atoms with van der Waals surface area (Å²) < 4.78 is 4.94. The van der Waals surface area contributed by atoms with Crippen LogP contribution < -0.4 is 16.0 Å². The predicted molar refractivity (Wildman–Crippen MR) is 58.2 cm³/mol. The largest absolute Gasteiger partial charge is 0.480 e. The van der Waals surface area contributed by atoms with Gasteiger partial charge in [0, 0.05) is 6.07 Å². The summed E-state index contributed by atoms with van der Waals surface area (Å²) in [4.78, 5) is 0. The Balaban J connectivity index is 2.65. The van der Waals surface area contributed by atoms with Crippen LogP contribution in [0.4, 0.5) is 0 Å². The summed E-state index contributed by atoms with van der Waals surface area (Å²) in [7, 11) is 1.57. The number of hydrogen-bond acceptors (Lipinski definition) is 5. The maximum Gasteiger partial charge on any atom is 0.233 e. The highest BCUT2D eigenvalue weighted by atomic mass is 16.5. The van der Waals surface area contributed by atoms with E-state index in [1.54, 1.807) is 13.2 Å². The molecule has 0 saturated carbocycles. The van der Waals surface area contributed by atoms with Crippen LogP contribution in [0.1, 0.15) is 37.9 Å². The van der Waals surface area contributed by atoms with Gasteiger partial charge >= 0.3 is 0 Å². The number of hydrazine groups is 1. The summed E-state index contributed by atoms with van der Waals surface area (Å²) in [6, 6.07) is 3.74. The van der Waals surface area contributed by atoms with E-state index < -0.39 is 0 Å². The van der Waals surface area contributed by atoms with Crippen molar-refractivity contribution in [3.05, 3.63) is 17.8 Å². The van der Waals surface area contributed by atoms with Crippen LogP contribution in [0.3, 0.4) is 0 Å². The molecule has 0 fully saturated rings. The van der Waals surface area contributed by atoms with E-state index in [-0.39, 0.29) is 6.04 Å². The summed E-state index contributed by atoms with van der Waals surface area (Å²) in [5.41, 5.74) is 3.60. The third-order valence-corrected chi connectivity index (χ3v) is 2.27. The molecule has 1 unspecified atom stereocenters. The Morgan fingerprint density at radius 3 is 2.73 bits per heavy atom. The summed E-state index contributed by atoms with van der Waals surface area (Å²) in [6.07, 6.45) is 3.22. The number of aromatic nitrogens is 2. The van der Waals surface area contributed by atoms with Crippen molar-refractivity contribution in [2.24, 2.45) is 5.84 Å². The Morgan fingerprint density at radius 1 is 1.47 bits per heavy atom. The number of unbranched alkanes of at least 4 members (excludes halogenated alkanes) is 1. The van der Waals surface area contributed by atoms with E-state index in [1.807, 2.05) is 6.07 Å². The lowest BCUT2D eigenvalue weighted by molar-refractivity contribution is 0.388. The van der Waals surface area contributed by atoms with Gasteiger partial charge in [-0.1, -0.05) is 19.8 Å². The Hall–Kier alpha value is -1.20. The fourth-order valence-electron chi connectivity index (χ4n) is 1.35. The van der Waals surface area contributed by atoms with Crippen LogP contribution in [0.25, 0.3) is 0 Å². The lowest BCUT2D eigenvalue weighted by atomic mass is 10.1. The normalized spacial score (nSPS) is 12.5. The first-order valence-electron chi connectivity index (χ1n) is 5.15. The monoisotopic (exact) mass is 210 g/mol. The molecular formula is C10H18N4O. The van der Waals surface area contributed by atoms with Gasteiger partial charge in [0.05, 0.1) is 18.8 Å². The molecule has 5 heteroatoms. The van der Waals surface area contributed by atoms with Crippen LogP contribution in [-0.4, -0.2) is 17.3 Å². The Morgan fingerprint density at radius 2 is 2.27 bits per heavy atom. The van der Waals surface area contributed by atoms with Gasteiger partial charge in [-0.2, -0.15) is 5.10 Å². The third-order valence-electron chi connectivity index (χ3n) is 2.27. The molecule has 15 heavy (non-hydrogen) atoms. The molecule has 0 radical (unpaired) electrons. The van der Waals surface area contributed by atoms with E-state index >= 15 is 0 Å². The van der Waals surface area contributed by atoms with E-state index in [1.165, 1.54) is 0 Å². The van der Waals surface area contributed by atoms with Crippen molar-refractivity contribution >= 4 is 0 Å². The van der Waals surface area contributed by atoms with Gasteiger partial charge in [0.25, 0.3) is 0 Å². The maximum atomic E-state index is 5.47. The standard InChI is InChI=1S/C10H18N4O/c1-3-4-5-8(12-11)9-6-7-10(15-2)14-13-9/h6-8,12H,3-5,11H2,1-2H3. The minimum atomic E-state index is 0.0726. The topological polar surface area (TPSA) is 73.1 Å². The Labute approximate surface area is 90.0 Å². The molecule has 0 bridgehead atoms. The Bertz CT molecular complexity index is 275. The fourth-order valence-corrected chi connectivity index (χ4v) is 1.35. The summed E-state index contributed by atoms with van der Waals surface area (Å²) in [5, 5.41) is 7.96. The molecule has 0 amide bonds. The lowest BCUT2D eigenvalue weighted by Gasteiger charge is -2.13. The molecule has 84 valence electrons. The van der Waals surface area contributed by atoms with Crippen LogP contribution in [0.15, 0.2) is 12.1 Å². The Kier molecular flexibility index (Phi) is 5.00. The van der Waals surface area contributed by atoms with Gasteiger partial charge in [-0.3, -0.25) is 11.3 Å². The zero-order chi connectivity index (χ0) is 11.1. The van der Waals surface area contributed by atoms with Gasteiger partial charge in [-0.15, -0.1) is 5.10 Å². The van der Waals surface area contributed by atoms with E-state index in [4.69, 9.17) is 10.6 Å². The lowest BCUT2D eigenvalue weighted by Crippen LogP contribution is -2.28. The van der Waals surface area contributed by atoms with Gasteiger partial charge in [0.2, 0.25) is 5.88 Å². The van der Waals surface area contributed by atoms with Crippen LogP contribution in [0.2, 0.25) is 0 Å². The zero-order valence-corrected chi connectivity index (χ0v) is 9.23. The average Bonchev–Trinajstić information content (AvgIpc) is 2.31. The van der Waals surface area contributed by atoms with Crippen molar-refractivity contribution in [3.8, 4) is 5.88 Å². The summed E-state index contributed by atoms with van der Waals surface area (Å²) >= 11 is 0. The molecule has 0 spiro atoms. The first kappa shape index (κ1) is 11.9. The first-order valence-corrected chi connectivity index (χ1v) is 5.15. The van der Waals surface area contributed by atoms with Gasteiger partial charge in [0.1, 0.15) is 0 Å². The number of rotatable bonds is 6. The van der Waals surface area contributed by atoms with Gasteiger partial charge < -0.3 is 4.74 Å². The molecule has 0 aliphatic rings. The molecule has 0 aliphatic heterocycles. The minimum Gasteiger partial charge on any atom is -0.480 e. The molecule has 0 aliphatic carbocycles. The van der Waals surface area contributed by atoms with Crippen LogP contribution in [-0.2, 0) is 0 Å². The van der Waals surface area contributed by atoms with E-state index in [0.29, 0.717) is 5.88 Å². The van der Waals surface area contributed by atoms with Gasteiger partial charge in [-0.25, -0.2) is 0 Å². The highest BCUT2D eigenvalue weighted by Crippen LogP contribution is 2.16. The van der Waals surface area contributed by atoms with Crippen molar-refractivity contribution in [1.82, 2.24) is 15.6 Å². The zero-order valence-electron chi connectivity index (χ0n) is 9.23. The van der Waals surface area contributed by atoms with Crippen LogP contribution >= 0.6 is 0 Å². The van der Waals surface area contributed by atoms with Crippen molar-refractivity contribution < 1.29 is 4.74 Å². The molecule has 0 saturated heterocycles. The molecule has 3 N–H and O–H groups in total. The highest BCUT2D eigenvalue weighted by Gasteiger charge is 2.10. The molecule has 1 rings (SSSR count). The molecule has 1 aromatic heterocycles. The first-order chi connectivity index (χ1) is 7.31. The number of ether oxygens (including phenoxy) is 1. The number of hydrogen-bond donors (Lipinski definition) is 2. The number of methoxy groups -OCH3 is 1. The second kappa shape index (κ2) is 6.31. The highest BCUT2D eigenvalue weighted by molar-refractivity contribution is 5.13. The minimum absolute atomic E-state index is 0.0726. The molecule has 1 heterocycles. The average molecular weight is 210 g/mol. The van der Waals surface area contributed by atoms with Crippen LogP contribution in [0.5, 0.6) is 5.88 Å². The fraction of sp³-hybridized carbons (Fsp3) is 0.600. The van der Waals surface area contributed by atoms with Crippen molar-refractivity contribution in [1.29, 1.82) is 0 Å². The second-order valence-electron chi connectivity index (χ2n) is 3.36. The summed E-state index contributed by atoms with van der Waals surface area (Å²) in [6.45, 7) is 2.15. The second-order valence-corrected chi connectivity index (χ2v) is 3.36. The van der Waals surface area contributed by atoms with E-state index in [2.05, 4.69) is 22.5 Å². The quantitative estimate of drug-likeness (QED) is 0.545. The van der Waals surface area contributed by atoms with Crippen LogP contribution in [0, 0.1) is 0 Å². The van der Waals surface area contributed by atoms with Crippen molar-refractivity contribution in [2.45, 2.75) is 32.2 Å². The smallest absolute Gasteiger partial charge is 0.233 e. The van der Waals surface area contributed by atoms with E-state index in [9.17, 15) is 0 Å². The molecule has 5 nitrogen and oxygen atoms in total. The number of nitrogens with one attached hydrogen (secondary N) is 1. The van der Waals surface area contributed by atoms with E-state index in [0.717, 1.165) is 25.0 Å². The predicted octanol–water partition coefficient (Wildman–Crippen LogP) is 1.18. The number of nitrogens with zero attached hydrogens (tertiary/aromatic N) is 2. The van der Waals surface area contributed by atoms with Gasteiger partial charge in [0.15, 0.2) is 0 Å². The van der Waals surface area contributed by atoms with Gasteiger partial charge in [-0.05, 0) is 12.5 Å². The third kappa shape index (κ3) is 3.45. The number of nitrogens with two attached hydrogens (primary N) is 1. The summed E-state index contributed by atoms with van der Waals surface area (Å²) in [5.74, 6) is 5.99. The molecule has 1 aromatic rings. The molecule has 0 aromatic carbocycles. The SMILES string of the molecule is CCCCC(NN)c1ccc(OC)nn1.